The van der Waals surface area contributed by atoms with Crippen LogP contribution in [-0.2, 0) is 18.2 Å². The van der Waals surface area contributed by atoms with Gasteiger partial charge in [-0.2, -0.15) is 9.97 Å². The number of aryl methyl sites for hydroxylation is 2. The fourth-order valence-corrected chi connectivity index (χ4v) is 5.28. The molecule has 1 N–H and O–H groups in total. The molecule has 0 bridgehead atoms. The third-order valence-electron chi connectivity index (χ3n) is 7.19. The van der Waals surface area contributed by atoms with E-state index in [1.165, 1.54) is 0 Å². The highest BCUT2D eigenvalue weighted by Crippen LogP contribution is 2.29. The molecule has 1 atom stereocenters. The molecule has 2 saturated heterocycles. The molecule has 0 aliphatic carbocycles. The zero-order valence-electron chi connectivity index (χ0n) is 20.6. The summed E-state index contributed by atoms with van der Waals surface area (Å²) in [6, 6.07) is 7.78. The minimum atomic E-state index is -0.191. The fourth-order valence-electron chi connectivity index (χ4n) is 5.28. The lowest BCUT2D eigenvalue weighted by Gasteiger charge is -2.28. The van der Waals surface area contributed by atoms with E-state index < -0.39 is 0 Å². The van der Waals surface area contributed by atoms with Gasteiger partial charge in [0.2, 0.25) is 11.8 Å². The predicted octanol–water partition coefficient (Wildman–Crippen LogP) is 1.70. The molecule has 0 unspecified atom stereocenters. The van der Waals surface area contributed by atoms with Gasteiger partial charge in [0.25, 0.3) is 5.91 Å². The molecule has 0 saturated carbocycles. The number of rotatable bonds is 5. The van der Waals surface area contributed by atoms with Crippen molar-refractivity contribution >= 4 is 33.9 Å². The van der Waals surface area contributed by atoms with Crippen LogP contribution >= 0.6 is 0 Å². The highest BCUT2D eigenvalue weighted by atomic mass is 16.5. The summed E-state index contributed by atoms with van der Waals surface area (Å²) in [5, 5.41) is 9.76. The molecule has 4 aromatic rings. The number of hydrogen-bond donors (Lipinski definition) is 1. The highest BCUT2D eigenvalue weighted by molar-refractivity contribution is 5.97. The number of aliphatic hydroxyl groups is 1. The number of para-hydroxylation sites is 2. The lowest BCUT2D eigenvalue weighted by atomic mass is 10.2. The van der Waals surface area contributed by atoms with E-state index in [1.54, 1.807) is 9.47 Å². The molecule has 11 nitrogen and oxygen atoms in total. The van der Waals surface area contributed by atoms with Gasteiger partial charge in [0.05, 0.1) is 36.9 Å². The second-order valence-electron chi connectivity index (χ2n) is 9.30. The molecule has 2 fully saturated rings. The van der Waals surface area contributed by atoms with Crippen LogP contribution < -0.4 is 4.90 Å². The van der Waals surface area contributed by atoms with E-state index in [4.69, 9.17) is 24.7 Å². The average molecular weight is 491 g/mol. The van der Waals surface area contributed by atoms with Crippen LogP contribution in [0.15, 0.2) is 24.3 Å². The number of carbonyl (C=O) groups excluding carboxylic acids is 1. The number of imidazole rings is 2. The van der Waals surface area contributed by atoms with Crippen molar-refractivity contribution in [3.63, 3.8) is 0 Å². The maximum atomic E-state index is 13.5. The molecule has 188 valence electrons. The SMILES string of the molecule is CCc1nc2ccccc2n1-c1nc(N2CCOCC2)c2nc(C(=O)N3CCC[C@@H]3CO)n(C)c2n1. The first-order valence-electron chi connectivity index (χ1n) is 12.6. The zero-order valence-corrected chi connectivity index (χ0v) is 20.6. The number of benzene rings is 1. The minimum Gasteiger partial charge on any atom is -0.394 e. The Labute approximate surface area is 208 Å². The average Bonchev–Trinajstić information content (AvgIpc) is 3.63. The van der Waals surface area contributed by atoms with Gasteiger partial charge in [0, 0.05) is 33.1 Å². The number of morpholine rings is 1. The summed E-state index contributed by atoms with van der Waals surface area (Å²) in [6.07, 6.45) is 2.38. The number of fused-ring (bicyclic) bond motifs is 2. The smallest absolute Gasteiger partial charge is 0.290 e. The topological polar surface area (TPSA) is 114 Å². The van der Waals surface area contributed by atoms with Gasteiger partial charge in [0.15, 0.2) is 17.0 Å². The van der Waals surface area contributed by atoms with Crippen molar-refractivity contribution in [3.8, 4) is 5.95 Å². The Morgan fingerprint density at radius 3 is 2.69 bits per heavy atom. The molecule has 6 rings (SSSR count). The summed E-state index contributed by atoms with van der Waals surface area (Å²) >= 11 is 0. The van der Waals surface area contributed by atoms with Crippen LogP contribution in [0.3, 0.4) is 0 Å². The fraction of sp³-hybridized carbons (Fsp3) is 0.480. The molecule has 2 aliphatic heterocycles. The first kappa shape index (κ1) is 22.9. The van der Waals surface area contributed by atoms with Gasteiger partial charge < -0.3 is 24.2 Å². The van der Waals surface area contributed by atoms with E-state index in [1.807, 2.05) is 35.9 Å². The molecule has 1 aromatic carbocycles. The molecule has 0 spiro atoms. The van der Waals surface area contributed by atoms with Crippen LogP contribution in [0.25, 0.3) is 28.1 Å². The number of aromatic nitrogens is 6. The normalized spacial score (nSPS) is 18.6. The van der Waals surface area contributed by atoms with E-state index in [2.05, 4.69) is 11.8 Å². The third-order valence-corrected chi connectivity index (χ3v) is 7.19. The quantitative estimate of drug-likeness (QED) is 0.450. The number of carbonyl (C=O) groups is 1. The number of ether oxygens (including phenoxy) is 1. The molecule has 11 heteroatoms. The number of hydrogen-bond acceptors (Lipinski definition) is 8. The van der Waals surface area contributed by atoms with Gasteiger partial charge in [-0.05, 0) is 25.0 Å². The third kappa shape index (κ3) is 3.61. The first-order valence-corrected chi connectivity index (χ1v) is 12.6. The predicted molar refractivity (Wildman–Crippen MR) is 134 cm³/mol. The Kier molecular flexibility index (Phi) is 5.81. The van der Waals surface area contributed by atoms with E-state index in [9.17, 15) is 9.90 Å². The molecule has 1 amide bonds. The number of likely N-dealkylation sites (tertiary alicyclic amines) is 1. The lowest BCUT2D eigenvalue weighted by molar-refractivity contribution is 0.0662. The van der Waals surface area contributed by atoms with Crippen molar-refractivity contribution in [2.75, 3.05) is 44.4 Å². The Morgan fingerprint density at radius 1 is 1.11 bits per heavy atom. The summed E-state index contributed by atoms with van der Waals surface area (Å²) in [7, 11) is 1.82. The molecule has 0 radical (unpaired) electrons. The van der Waals surface area contributed by atoms with Crippen molar-refractivity contribution in [3.05, 3.63) is 35.9 Å². The van der Waals surface area contributed by atoms with Crippen molar-refractivity contribution in [2.45, 2.75) is 32.2 Å². The second-order valence-corrected chi connectivity index (χ2v) is 9.30. The summed E-state index contributed by atoms with van der Waals surface area (Å²) in [6.45, 7) is 5.17. The monoisotopic (exact) mass is 490 g/mol. The van der Waals surface area contributed by atoms with E-state index in [-0.39, 0.29) is 18.6 Å². The van der Waals surface area contributed by atoms with Crippen molar-refractivity contribution in [1.29, 1.82) is 0 Å². The van der Waals surface area contributed by atoms with Crippen molar-refractivity contribution in [1.82, 2.24) is 34.0 Å². The Hall–Kier alpha value is -3.57. The van der Waals surface area contributed by atoms with Crippen LogP contribution in [-0.4, -0.2) is 90.5 Å². The molecule has 36 heavy (non-hydrogen) atoms. The summed E-state index contributed by atoms with van der Waals surface area (Å²) in [4.78, 5) is 36.9. The maximum Gasteiger partial charge on any atom is 0.290 e. The van der Waals surface area contributed by atoms with Gasteiger partial charge >= 0.3 is 0 Å². The molecular formula is C25H30N8O3. The van der Waals surface area contributed by atoms with Crippen LogP contribution in [0.1, 0.15) is 36.2 Å². The molecule has 5 heterocycles. The van der Waals surface area contributed by atoms with E-state index in [0.717, 1.165) is 36.1 Å². The maximum absolute atomic E-state index is 13.5. The van der Waals surface area contributed by atoms with Gasteiger partial charge in [-0.3, -0.25) is 9.36 Å². The largest absolute Gasteiger partial charge is 0.394 e. The van der Waals surface area contributed by atoms with Gasteiger partial charge in [-0.25, -0.2) is 9.97 Å². The van der Waals surface area contributed by atoms with Crippen LogP contribution in [0, 0.1) is 0 Å². The van der Waals surface area contributed by atoms with Gasteiger partial charge in [-0.1, -0.05) is 19.1 Å². The number of nitrogens with zero attached hydrogens (tertiary/aromatic N) is 8. The Morgan fingerprint density at radius 2 is 1.92 bits per heavy atom. The zero-order chi connectivity index (χ0) is 24.8. The van der Waals surface area contributed by atoms with E-state index >= 15 is 0 Å². The highest BCUT2D eigenvalue weighted by Gasteiger charge is 2.33. The van der Waals surface area contributed by atoms with Gasteiger partial charge in [-0.15, -0.1) is 0 Å². The number of anilines is 1. The minimum absolute atomic E-state index is 0.0494. The number of amides is 1. The van der Waals surface area contributed by atoms with Gasteiger partial charge in [0.1, 0.15) is 5.82 Å². The second kappa shape index (κ2) is 9.14. The van der Waals surface area contributed by atoms with Crippen LogP contribution in [0.5, 0.6) is 0 Å². The summed E-state index contributed by atoms with van der Waals surface area (Å²) in [5.41, 5.74) is 3.00. The van der Waals surface area contributed by atoms with Crippen LogP contribution in [0.4, 0.5) is 5.82 Å². The summed E-state index contributed by atoms with van der Waals surface area (Å²) in [5.74, 6) is 2.17. The molecule has 3 aromatic heterocycles. The van der Waals surface area contributed by atoms with E-state index in [0.29, 0.717) is 61.6 Å². The Balaban J connectivity index is 1.56. The standard InChI is InChI=1S/C25H30N8O3/c1-3-19-26-17-8-4-5-9-18(17)33(19)25-28-21-20(22(29-25)31-11-13-36-14-12-31)27-23(30(21)2)24(35)32-10-6-7-16(32)15-34/h4-5,8-9,16,34H,3,6-7,10-15H2,1-2H3/t16-/m1/s1. The first-order chi connectivity index (χ1) is 17.6. The number of aliphatic hydroxyl groups excluding tert-OH is 1. The molecular weight excluding hydrogens is 460 g/mol. The van der Waals surface area contributed by atoms with Crippen molar-refractivity contribution < 1.29 is 14.6 Å². The summed E-state index contributed by atoms with van der Waals surface area (Å²) < 4.78 is 9.33. The Bertz CT molecular complexity index is 1440. The molecule has 2 aliphatic rings. The van der Waals surface area contributed by atoms with Crippen molar-refractivity contribution in [2.24, 2.45) is 7.05 Å². The van der Waals surface area contributed by atoms with Crippen LogP contribution in [0.2, 0.25) is 0 Å². The lowest BCUT2D eigenvalue weighted by Crippen LogP contribution is -2.38.